The van der Waals surface area contributed by atoms with Gasteiger partial charge in [-0.15, -0.1) is 0 Å². The largest absolute Gasteiger partial charge is 0.329 e. The summed E-state index contributed by atoms with van der Waals surface area (Å²) in [6, 6.07) is 11.8. The third-order valence-electron chi connectivity index (χ3n) is 4.42. The molecule has 1 atom stereocenters. The average molecular weight is 283 g/mol. The first-order chi connectivity index (χ1) is 10.3. The van der Waals surface area contributed by atoms with Gasteiger partial charge in [0.1, 0.15) is 0 Å². The predicted molar refractivity (Wildman–Crippen MR) is 88.2 cm³/mol. The Labute approximate surface area is 127 Å². The van der Waals surface area contributed by atoms with E-state index in [1.165, 1.54) is 36.6 Å². The lowest BCUT2D eigenvalue weighted by atomic mass is 10.0. The van der Waals surface area contributed by atoms with Crippen LogP contribution < -0.4 is 5.73 Å². The molecule has 0 amide bonds. The number of unbranched alkanes of at least 4 members (excludes halogenated alkanes) is 1. The van der Waals surface area contributed by atoms with E-state index in [9.17, 15) is 0 Å². The van der Waals surface area contributed by atoms with E-state index in [0.29, 0.717) is 12.6 Å². The molecule has 0 spiro atoms. The van der Waals surface area contributed by atoms with Crippen molar-refractivity contribution in [2.24, 2.45) is 5.73 Å². The lowest BCUT2D eigenvalue weighted by Gasteiger charge is -2.31. The van der Waals surface area contributed by atoms with Crippen molar-refractivity contribution >= 4 is 10.9 Å². The summed E-state index contributed by atoms with van der Waals surface area (Å²) in [5, 5.41) is 1.21. The van der Waals surface area contributed by atoms with E-state index in [4.69, 9.17) is 5.73 Å². The zero-order chi connectivity index (χ0) is 14.7. The van der Waals surface area contributed by atoms with E-state index in [1.807, 2.05) is 12.3 Å². The summed E-state index contributed by atoms with van der Waals surface area (Å²) in [6.07, 6.45) is 7.00. The fourth-order valence-electron chi connectivity index (χ4n) is 3.10. The number of nitrogens with zero attached hydrogens (tertiary/aromatic N) is 2. The van der Waals surface area contributed by atoms with Crippen molar-refractivity contribution in [3.8, 4) is 0 Å². The Morgan fingerprint density at radius 1 is 1.33 bits per heavy atom. The molecule has 0 aliphatic heterocycles. The van der Waals surface area contributed by atoms with E-state index in [0.717, 1.165) is 18.1 Å². The van der Waals surface area contributed by atoms with Crippen LogP contribution in [-0.2, 0) is 0 Å². The summed E-state index contributed by atoms with van der Waals surface area (Å²) in [6.45, 7) is 4.10. The zero-order valence-electron chi connectivity index (χ0n) is 12.8. The Morgan fingerprint density at radius 2 is 2.19 bits per heavy atom. The number of nitrogens with two attached hydrogens (primary N) is 1. The monoisotopic (exact) mass is 283 g/mol. The number of rotatable bonds is 7. The molecular formula is C18H25N3. The van der Waals surface area contributed by atoms with Gasteiger partial charge in [-0.2, -0.15) is 0 Å². The van der Waals surface area contributed by atoms with Crippen molar-refractivity contribution in [3.05, 3.63) is 42.1 Å². The Balaban J connectivity index is 1.88. The Kier molecular flexibility index (Phi) is 4.51. The Hall–Kier alpha value is -1.45. The summed E-state index contributed by atoms with van der Waals surface area (Å²) < 4.78 is 0. The summed E-state index contributed by atoms with van der Waals surface area (Å²) in [7, 11) is 0. The molecule has 1 fully saturated rings. The maximum atomic E-state index is 6.13. The molecule has 2 N–H and O–H groups in total. The number of benzene rings is 1. The van der Waals surface area contributed by atoms with Crippen molar-refractivity contribution in [3.63, 3.8) is 0 Å². The van der Waals surface area contributed by atoms with Crippen molar-refractivity contribution in [1.82, 2.24) is 9.88 Å². The molecule has 1 aliphatic carbocycles. The standard InChI is InChI=1S/C18H25N3/c1-2-3-11-21(16-7-8-16)18(13-19)15-6-9-17-14(12-15)5-4-10-20-17/h4-6,9-10,12,16,18H,2-3,7-8,11,13,19H2,1H3. The van der Waals surface area contributed by atoms with E-state index < -0.39 is 0 Å². The first-order valence-corrected chi connectivity index (χ1v) is 8.14. The number of aromatic nitrogens is 1. The molecule has 3 heteroatoms. The smallest absolute Gasteiger partial charge is 0.0702 e. The molecule has 1 heterocycles. The lowest BCUT2D eigenvalue weighted by molar-refractivity contribution is 0.188. The van der Waals surface area contributed by atoms with Crippen LogP contribution in [0.25, 0.3) is 10.9 Å². The molecular weight excluding hydrogens is 258 g/mol. The van der Waals surface area contributed by atoms with Gasteiger partial charge in [0, 0.05) is 30.2 Å². The van der Waals surface area contributed by atoms with Crippen LogP contribution >= 0.6 is 0 Å². The van der Waals surface area contributed by atoms with Crippen molar-refractivity contribution in [2.45, 2.75) is 44.7 Å². The van der Waals surface area contributed by atoms with E-state index >= 15 is 0 Å². The van der Waals surface area contributed by atoms with Crippen molar-refractivity contribution in [2.75, 3.05) is 13.1 Å². The predicted octanol–water partition coefficient (Wildman–Crippen LogP) is 3.50. The molecule has 0 radical (unpaired) electrons. The van der Waals surface area contributed by atoms with Crippen LogP contribution in [0.5, 0.6) is 0 Å². The van der Waals surface area contributed by atoms with Crippen LogP contribution in [0.3, 0.4) is 0 Å². The Morgan fingerprint density at radius 3 is 2.90 bits per heavy atom. The molecule has 0 bridgehead atoms. The minimum absolute atomic E-state index is 0.341. The first-order valence-electron chi connectivity index (χ1n) is 8.14. The van der Waals surface area contributed by atoms with Gasteiger partial charge in [-0.05, 0) is 49.6 Å². The van der Waals surface area contributed by atoms with Crippen molar-refractivity contribution in [1.29, 1.82) is 0 Å². The number of hydrogen-bond acceptors (Lipinski definition) is 3. The fraction of sp³-hybridized carbons (Fsp3) is 0.500. The van der Waals surface area contributed by atoms with Crippen LogP contribution in [0, 0.1) is 0 Å². The second kappa shape index (κ2) is 6.54. The molecule has 2 aromatic rings. The van der Waals surface area contributed by atoms with Crippen molar-refractivity contribution < 1.29 is 0 Å². The van der Waals surface area contributed by atoms with Gasteiger partial charge < -0.3 is 5.73 Å². The summed E-state index contributed by atoms with van der Waals surface area (Å²) in [4.78, 5) is 7.03. The molecule has 1 saturated carbocycles. The fourth-order valence-corrected chi connectivity index (χ4v) is 3.10. The maximum Gasteiger partial charge on any atom is 0.0702 e. The topological polar surface area (TPSA) is 42.1 Å². The third kappa shape index (κ3) is 3.25. The van der Waals surface area contributed by atoms with Gasteiger partial charge in [0.05, 0.1) is 5.52 Å². The van der Waals surface area contributed by atoms with Gasteiger partial charge >= 0.3 is 0 Å². The number of hydrogen-bond donors (Lipinski definition) is 1. The van der Waals surface area contributed by atoms with Gasteiger partial charge in [-0.1, -0.05) is 25.5 Å². The lowest BCUT2D eigenvalue weighted by Crippen LogP contribution is -2.36. The highest BCUT2D eigenvalue weighted by molar-refractivity contribution is 5.79. The molecule has 21 heavy (non-hydrogen) atoms. The van der Waals surface area contributed by atoms with Crippen LogP contribution in [0.4, 0.5) is 0 Å². The van der Waals surface area contributed by atoms with Gasteiger partial charge in [-0.3, -0.25) is 9.88 Å². The highest BCUT2D eigenvalue weighted by Crippen LogP contribution is 2.35. The van der Waals surface area contributed by atoms with E-state index in [-0.39, 0.29) is 0 Å². The normalized spacial score (nSPS) is 16.5. The van der Waals surface area contributed by atoms with Crippen LogP contribution in [0.2, 0.25) is 0 Å². The highest BCUT2D eigenvalue weighted by Gasteiger charge is 2.33. The molecule has 3 rings (SSSR count). The average Bonchev–Trinajstić information content (AvgIpc) is 3.36. The molecule has 1 aromatic carbocycles. The molecule has 1 aromatic heterocycles. The second-order valence-electron chi connectivity index (χ2n) is 6.03. The number of pyridine rings is 1. The van der Waals surface area contributed by atoms with E-state index in [2.05, 4.69) is 41.1 Å². The zero-order valence-corrected chi connectivity index (χ0v) is 12.8. The highest BCUT2D eigenvalue weighted by atomic mass is 15.2. The van der Waals surface area contributed by atoms with Crippen LogP contribution in [0.1, 0.15) is 44.2 Å². The molecule has 3 nitrogen and oxygen atoms in total. The summed E-state index contributed by atoms with van der Waals surface area (Å²) in [5.74, 6) is 0. The quantitative estimate of drug-likeness (QED) is 0.845. The van der Waals surface area contributed by atoms with Gasteiger partial charge in [-0.25, -0.2) is 0 Å². The SMILES string of the molecule is CCCCN(C1CC1)C(CN)c1ccc2ncccc2c1. The number of fused-ring (bicyclic) bond motifs is 1. The van der Waals surface area contributed by atoms with Gasteiger partial charge in [0.25, 0.3) is 0 Å². The van der Waals surface area contributed by atoms with Crippen LogP contribution in [-0.4, -0.2) is 29.0 Å². The minimum Gasteiger partial charge on any atom is -0.329 e. The van der Waals surface area contributed by atoms with Gasteiger partial charge in [0.2, 0.25) is 0 Å². The minimum atomic E-state index is 0.341. The summed E-state index contributed by atoms with van der Waals surface area (Å²) >= 11 is 0. The van der Waals surface area contributed by atoms with Crippen LogP contribution in [0.15, 0.2) is 36.5 Å². The molecule has 0 saturated heterocycles. The van der Waals surface area contributed by atoms with Gasteiger partial charge in [0.15, 0.2) is 0 Å². The molecule has 1 aliphatic rings. The van der Waals surface area contributed by atoms with E-state index in [1.54, 1.807) is 0 Å². The molecule has 112 valence electrons. The summed E-state index contributed by atoms with van der Waals surface area (Å²) in [5.41, 5.74) is 8.52. The Bertz CT molecular complexity index is 592. The molecule has 1 unspecified atom stereocenters. The third-order valence-corrected chi connectivity index (χ3v) is 4.42. The first kappa shape index (κ1) is 14.5. The maximum absolute atomic E-state index is 6.13. The second-order valence-corrected chi connectivity index (χ2v) is 6.03.